The van der Waals surface area contributed by atoms with Gasteiger partial charge in [-0.2, -0.15) is 0 Å². The van der Waals surface area contributed by atoms with Crippen molar-refractivity contribution in [1.29, 1.82) is 0 Å². The highest BCUT2D eigenvalue weighted by atomic mass is 32.2. The average molecular weight is 306 g/mol. The lowest BCUT2D eigenvalue weighted by molar-refractivity contribution is 0.462. The Hall–Kier alpha value is -0.740. The van der Waals surface area contributed by atoms with E-state index in [0.29, 0.717) is 6.04 Å². The molecule has 2 nitrogen and oxygen atoms in total. The Morgan fingerprint density at radius 2 is 2.15 bits per heavy atom. The normalized spacial score (nSPS) is 16.6. The Morgan fingerprint density at radius 1 is 1.30 bits per heavy atom. The van der Waals surface area contributed by atoms with Crippen LogP contribution in [0.1, 0.15) is 45.4 Å². The van der Waals surface area contributed by atoms with Crippen molar-refractivity contribution in [3.63, 3.8) is 0 Å². The van der Waals surface area contributed by atoms with Gasteiger partial charge in [0, 0.05) is 10.9 Å². The molecular weight excluding hydrogens is 284 g/mol. The fourth-order valence-electron chi connectivity index (χ4n) is 2.70. The molecule has 4 heteroatoms. The lowest BCUT2D eigenvalue weighted by atomic mass is 9.96. The van der Waals surface area contributed by atoms with Gasteiger partial charge in [0.1, 0.15) is 0 Å². The van der Waals surface area contributed by atoms with Gasteiger partial charge in [0.15, 0.2) is 5.13 Å². The molecule has 0 radical (unpaired) electrons. The maximum atomic E-state index is 4.73. The highest BCUT2D eigenvalue weighted by Gasteiger charge is 2.14. The lowest BCUT2D eigenvalue weighted by Crippen LogP contribution is -2.21. The summed E-state index contributed by atoms with van der Waals surface area (Å²) in [6.45, 7) is 2.23. The van der Waals surface area contributed by atoms with Gasteiger partial charge < -0.3 is 5.32 Å². The number of anilines is 1. The second kappa shape index (κ2) is 6.81. The number of rotatable bonds is 5. The van der Waals surface area contributed by atoms with Crippen LogP contribution in [0.15, 0.2) is 23.1 Å². The maximum Gasteiger partial charge on any atom is 0.184 e. The van der Waals surface area contributed by atoms with Crippen LogP contribution in [0, 0.1) is 0 Å². The average Bonchev–Trinajstić information content (AvgIpc) is 2.87. The number of thioether (sulfide) groups is 1. The van der Waals surface area contributed by atoms with Crippen LogP contribution in [0.4, 0.5) is 5.13 Å². The topological polar surface area (TPSA) is 24.9 Å². The minimum Gasteiger partial charge on any atom is -0.359 e. The standard InChI is InChI=1S/C16H22N2S2/c1-2-10-19-13-8-9-14-15(11-13)20-16(18-14)17-12-6-4-3-5-7-12/h8-9,11-12H,2-7,10H2,1H3,(H,17,18). The van der Waals surface area contributed by atoms with E-state index in [1.54, 1.807) is 11.3 Å². The van der Waals surface area contributed by atoms with Crippen molar-refractivity contribution in [2.75, 3.05) is 11.1 Å². The molecule has 1 saturated carbocycles. The molecule has 1 aromatic carbocycles. The second-order valence-electron chi connectivity index (χ2n) is 5.48. The molecule has 108 valence electrons. The lowest BCUT2D eigenvalue weighted by Gasteiger charge is -2.22. The molecule has 0 unspecified atom stereocenters. The van der Waals surface area contributed by atoms with E-state index >= 15 is 0 Å². The zero-order chi connectivity index (χ0) is 13.8. The van der Waals surface area contributed by atoms with Gasteiger partial charge in [-0.3, -0.25) is 0 Å². The second-order valence-corrected chi connectivity index (χ2v) is 7.68. The first kappa shape index (κ1) is 14.2. The van der Waals surface area contributed by atoms with Gasteiger partial charge in [-0.25, -0.2) is 4.98 Å². The van der Waals surface area contributed by atoms with Crippen LogP contribution in [0.25, 0.3) is 10.2 Å². The molecule has 0 bridgehead atoms. The summed E-state index contributed by atoms with van der Waals surface area (Å²) in [4.78, 5) is 6.09. The molecule has 1 heterocycles. The molecule has 0 atom stereocenters. The largest absolute Gasteiger partial charge is 0.359 e. The van der Waals surface area contributed by atoms with E-state index in [1.807, 2.05) is 11.8 Å². The van der Waals surface area contributed by atoms with Crippen LogP contribution >= 0.6 is 23.1 Å². The molecule has 1 aliphatic rings. The molecule has 0 aliphatic heterocycles. The number of benzene rings is 1. The Labute approximate surface area is 129 Å². The minimum absolute atomic E-state index is 0.637. The summed E-state index contributed by atoms with van der Waals surface area (Å²) in [6.07, 6.45) is 7.94. The van der Waals surface area contributed by atoms with E-state index in [-0.39, 0.29) is 0 Å². The highest BCUT2D eigenvalue weighted by molar-refractivity contribution is 7.99. The predicted molar refractivity (Wildman–Crippen MR) is 91.1 cm³/mol. The van der Waals surface area contributed by atoms with E-state index in [9.17, 15) is 0 Å². The smallest absolute Gasteiger partial charge is 0.184 e. The van der Waals surface area contributed by atoms with Crippen molar-refractivity contribution in [1.82, 2.24) is 4.98 Å². The maximum absolute atomic E-state index is 4.73. The fourth-order valence-corrected chi connectivity index (χ4v) is 4.56. The molecule has 0 spiro atoms. The third-order valence-corrected chi connectivity index (χ3v) is 5.91. The third kappa shape index (κ3) is 3.47. The third-order valence-electron chi connectivity index (χ3n) is 3.77. The first-order chi connectivity index (χ1) is 9.85. The molecule has 1 fully saturated rings. The van der Waals surface area contributed by atoms with Crippen LogP contribution in [0.2, 0.25) is 0 Å². The summed E-state index contributed by atoms with van der Waals surface area (Å²) < 4.78 is 1.31. The van der Waals surface area contributed by atoms with Crippen LogP contribution in [-0.2, 0) is 0 Å². The van der Waals surface area contributed by atoms with E-state index in [2.05, 4.69) is 30.4 Å². The van der Waals surface area contributed by atoms with Crippen molar-refractivity contribution in [3.8, 4) is 0 Å². The monoisotopic (exact) mass is 306 g/mol. The number of thiazole rings is 1. The van der Waals surface area contributed by atoms with Crippen molar-refractivity contribution in [2.45, 2.75) is 56.4 Å². The van der Waals surface area contributed by atoms with Crippen molar-refractivity contribution in [3.05, 3.63) is 18.2 Å². The van der Waals surface area contributed by atoms with Gasteiger partial charge in [-0.15, -0.1) is 11.8 Å². The van der Waals surface area contributed by atoms with E-state index in [0.717, 1.165) is 10.6 Å². The molecule has 1 aliphatic carbocycles. The van der Waals surface area contributed by atoms with Crippen molar-refractivity contribution in [2.24, 2.45) is 0 Å². The number of nitrogens with one attached hydrogen (secondary N) is 1. The number of nitrogens with zero attached hydrogens (tertiary/aromatic N) is 1. The first-order valence-corrected chi connectivity index (χ1v) is 9.45. The van der Waals surface area contributed by atoms with E-state index in [4.69, 9.17) is 4.98 Å². The summed E-state index contributed by atoms with van der Waals surface area (Å²) >= 11 is 3.74. The Kier molecular flexibility index (Phi) is 4.84. The van der Waals surface area contributed by atoms with Gasteiger partial charge in [-0.05, 0) is 43.2 Å². The first-order valence-electron chi connectivity index (χ1n) is 7.65. The Balaban J connectivity index is 1.72. The number of aromatic nitrogens is 1. The molecule has 1 N–H and O–H groups in total. The summed E-state index contributed by atoms with van der Waals surface area (Å²) in [5, 5.41) is 4.73. The highest BCUT2D eigenvalue weighted by Crippen LogP contribution is 2.32. The molecule has 20 heavy (non-hydrogen) atoms. The summed E-state index contributed by atoms with van der Waals surface area (Å²) in [5.74, 6) is 1.19. The van der Waals surface area contributed by atoms with Crippen molar-refractivity contribution >= 4 is 38.4 Å². The number of hydrogen-bond donors (Lipinski definition) is 1. The van der Waals surface area contributed by atoms with Crippen molar-refractivity contribution < 1.29 is 0 Å². The molecule has 1 aromatic heterocycles. The van der Waals surface area contributed by atoms with Gasteiger partial charge in [0.05, 0.1) is 10.2 Å². The quantitative estimate of drug-likeness (QED) is 0.734. The summed E-state index contributed by atoms with van der Waals surface area (Å²) in [7, 11) is 0. The number of hydrogen-bond acceptors (Lipinski definition) is 4. The van der Waals surface area contributed by atoms with Crippen LogP contribution < -0.4 is 5.32 Å². The van der Waals surface area contributed by atoms with Crippen LogP contribution in [0.5, 0.6) is 0 Å². The molecule has 0 saturated heterocycles. The summed E-state index contributed by atoms with van der Waals surface area (Å²) in [5.41, 5.74) is 1.13. The zero-order valence-corrected chi connectivity index (χ0v) is 13.7. The van der Waals surface area contributed by atoms with Gasteiger partial charge >= 0.3 is 0 Å². The van der Waals surface area contributed by atoms with Crippen LogP contribution in [-0.4, -0.2) is 16.8 Å². The Morgan fingerprint density at radius 3 is 2.95 bits per heavy atom. The number of fused-ring (bicyclic) bond motifs is 1. The predicted octanol–water partition coefficient (Wildman–Crippen LogP) is 5.54. The SMILES string of the molecule is CCCSc1ccc2nc(NC3CCCCC3)sc2c1. The van der Waals surface area contributed by atoms with E-state index < -0.39 is 0 Å². The Bertz CT molecular complexity index is 559. The summed E-state index contributed by atoms with van der Waals surface area (Å²) in [6, 6.07) is 7.29. The van der Waals surface area contributed by atoms with Crippen LogP contribution in [0.3, 0.4) is 0 Å². The minimum atomic E-state index is 0.637. The molecular formula is C16H22N2S2. The van der Waals surface area contributed by atoms with Gasteiger partial charge in [0.25, 0.3) is 0 Å². The molecule has 3 rings (SSSR count). The van der Waals surface area contributed by atoms with Gasteiger partial charge in [0.2, 0.25) is 0 Å². The van der Waals surface area contributed by atoms with Gasteiger partial charge in [-0.1, -0.05) is 37.5 Å². The molecule has 2 aromatic rings. The molecule has 0 amide bonds. The zero-order valence-electron chi connectivity index (χ0n) is 12.0. The van der Waals surface area contributed by atoms with E-state index in [1.165, 1.54) is 53.9 Å². The fraction of sp³-hybridized carbons (Fsp3) is 0.562.